The van der Waals surface area contributed by atoms with Crippen molar-refractivity contribution >= 4 is 32.6 Å². The Balaban J connectivity index is 1.59. The van der Waals surface area contributed by atoms with Crippen molar-refractivity contribution in [2.24, 2.45) is 0 Å². The molecular weight excluding hydrogens is 312 g/mol. The first-order chi connectivity index (χ1) is 11.0. The lowest BCUT2D eigenvalue weighted by Gasteiger charge is -2.30. The van der Waals surface area contributed by atoms with Gasteiger partial charge in [0.1, 0.15) is 0 Å². The maximum absolute atomic E-state index is 12.3. The molecule has 6 nitrogen and oxygen atoms in total. The second-order valence-corrected chi connectivity index (χ2v) is 7.05. The normalized spacial score (nSPS) is 19.1. The molecule has 0 spiro atoms. The number of carbonyl (C=O) groups is 1. The van der Waals surface area contributed by atoms with Crippen molar-refractivity contribution in [2.45, 2.75) is 19.4 Å². The highest BCUT2D eigenvalue weighted by Gasteiger charge is 2.18. The number of likely N-dealkylation sites (N-methyl/N-ethyl adjacent to an activating group) is 1. The highest BCUT2D eigenvalue weighted by Crippen LogP contribution is 2.27. The number of benzene rings is 1. The fraction of sp³-hybridized carbons (Fsp3) is 0.500. The molecule has 124 valence electrons. The SMILES string of the molecule is Cc1cc(C(=O)NCC[C@@H]2CN(C)CCO2)cc2sc(N)nc12. The molecule has 0 unspecified atom stereocenters. The minimum Gasteiger partial charge on any atom is -0.375 e. The third-order valence-electron chi connectivity index (χ3n) is 4.06. The third kappa shape index (κ3) is 3.80. The van der Waals surface area contributed by atoms with E-state index in [1.54, 1.807) is 0 Å². The topological polar surface area (TPSA) is 80.5 Å². The van der Waals surface area contributed by atoms with Gasteiger partial charge in [-0.15, -0.1) is 0 Å². The van der Waals surface area contributed by atoms with Crippen molar-refractivity contribution < 1.29 is 9.53 Å². The van der Waals surface area contributed by atoms with Crippen molar-refractivity contribution in [2.75, 3.05) is 39.0 Å². The molecule has 2 heterocycles. The van der Waals surface area contributed by atoms with Gasteiger partial charge in [0.15, 0.2) is 5.13 Å². The van der Waals surface area contributed by atoms with Crippen molar-refractivity contribution in [3.63, 3.8) is 0 Å². The van der Waals surface area contributed by atoms with Crippen molar-refractivity contribution in [1.29, 1.82) is 0 Å². The van der Waals surface area contributed by atoms with Crippen LogP contribution in [0.25, 0.3) is 10.2 Å². The Bertz CT molecular complexity index is 715. The van der Waals surface area contributed by atoms with Crippen LogP contribution in [0.3, 0.4) is 0 Å². The van der Waals surface area contributed by atoms with Gasteiger partial charge in [0.25, 0.3) is 5.91 Å². The zero-order chi connectivity index (χ0) is 16.4. The number of rotatable bonds is 4. The number of nitrogens with one attached hydrogen (secondary N) is 1. The van der Waals surface area contributed by atoms with Crippen LogP contribution < -0.4 is 11.1 Å². The molecule has 1 atom stereocenters. The highest BCUT2D eigenvalue weighted by molar-refractivity contribution is 7.22. The molecule has 0 aliphatic carbocycles. The summed E-state index contributed by atoms with van der Waals surface area (Å²) in [5.74, 6) is -0.0638. The molecule has 0 saturated carbocycles. The van der Waals surface area contributed by atoms with Crippen molar-refractivity contribution in [1.82, 2.24) is 15.2 Å². The summed E-state index contributed by atoms with van der Waals surface area (Å²) in [6, 6.07) is 3.72. The minimum atomic E-state index is -0.0638. The average molecular weight is 334 g/mol. The average Bonchev–Trinajstić information content (AvgIpc) is 2.88. The number of nitrogens with two attached hydrogens (primary N) is 1. The number of aryl methyl sites for hydroxylation is 1. The van der Waals surface area contributed by atoms with Crippen LogP contribution >= 0.6 is 11.3 Å². The van der Waals surface area contributed by atoms with Crippen LogP contribution in [-0.4, -0.2) is 55.2 Å². The van der Waals surface area contributed by atoms with E-state index >= 15 is 0 Å². The first-order valence-electron chi connectivity index (χ1n) is 7.78. The number of hydrogen-bond acceptors (Lipinski definition) is 6. The summed E-state index contributed by atoms with van der Waals surface area (Å²) in [6.45, 7) is 5.21. The Morgan fingerprint density at radius 2 is 2.39 bits per heavy atom. The van der Waals surface area contributed by atoms with E-state index in [1.165, 1.54) is 11.3 Å². The Morgan fingerprint density at radius 1 is 1.57 bits per heavy atom. The maximum Gasteiger partial charge on any atom is 0.251 e. The van der Waals surface area contributed by atoms with Gasteiger partial charge in [0.2, 0.25) is 0 Å². The molecule has 7 heteroatoms. The lowest BCUT2D eigenvalue weighted by Crippen LogP contribution is -2.41. The first kappa shape index (κ1) is 16.2. The molecule has 3 rings (SSSR count). The number of aromatic nitrogens is 1. The minimum absolute atomic E-state index is 0.0638. The van der Waals surface area contributed by atoms with Crippen LogP contribution in [0.15, 0.2) is 12.1 Å². The fourth-order valence-electron chi connectivity index (χ4n) is 2.84. The maximum atomic E-state index is 12.3. The zero-order valence-electron chi connectivity index (χ0n) is 13.5. The predicted octanol–water partition coefficient (Wildman–Crippen LogP) is 1.64. The Kier molecular flexibility index (Phi) is 4.79. The van der Waals surface area contributed by atoms with Crippen LogP contribution in [-0.2, 0) is 4.74 Å². The number of anilines is 1. The van der Waals surface area contributed by atoms with Crippen LogP contribution in [0.2, 0.25) is 0 Å². The second kappa shape index (κ2) is 6.82. The smallest absolute Gasteiger partial charge is 0.251 e. The van der Waals surface area contributed by atoms with E-state index in [-0.39, 0.29) is 12.0 Å². The molecule has 1 fully saturated rings. The molecule has 1 aliphatic heterocycles. The summed E-state index contributed by atoms with van der Waals surface area (Å²) in [6.07, 6.45) is 1.02. The molecule has 1 amide bonds. The zero-order valence-corrected chi connectivity index (χ0v) is 14.3. The van der Waals surface area contributed by atoms with Crippen LogP contribution in [0.5, 0.6) is 0 Å². The quantitative estimate of drug-likeness (QED) is 0.888. The number of ether oxygens (including phenoxy) is 1. The summed E-state index contributed by atoms with van der Waals surface area (Å²) in [5.41, 5.74) is 8.25. The third-order valence-corrected chi connectivity index (χ3v) is 4.89. The lowest BCUT2D eigenvalue weighted by atomic mass is 10.1. The van der Waals surface area contributed by atoms with Gasteiger partial charge in [-0.25, -0.2) is 4.98 Å². The van der Waals surface area contributed by atoms with E-state index < -0.39 is 0 Å². The number of morpholine rings is 1. The second-order valence-electron chi connectivity index (χ2n) is 5.99. The first-order valence-corrected chi connectivity index (χ1v) is 8.59. The molecule has 3 N–H and O–H groups in total. The Hall–Kier alpha value is -1.70. The Labute approximate surface area is 139 Å². The number of amides is 1. The number of carbonyl (C=O) groups excluding carboxylic acids is 1. The summed E-state index contributed by atoms with van der Waals surface area (Å²) < 4.78 is 6.65. The van der Waals surface area contributed by atoms with Gasteiger partial charge in [0.05, 0.1) is 22.9 Å². The lowest BCUT2D eigenvalue weighted by molar-refractivity contribution is -0.0226. The summed E-state index contributed by atoms with van der Waals surface area (Å²) in [7, 11) is 2.09. The predicted molar refractivity (Wildman–Crippen MR) is 93.0 cm³/mol. The van der Waals surface area contributed by atoms with Crippen LogP contribution in [0.4, 0.5) is 5.13 Å². The monoisotopic (exact) mass is 334 g/mol. The molecule has 23 heavy (non-hydrogen) atoms. The number of nitrogens with zero attached hydrogens (tertiary/aromatic N) is 2. The molecule has 1 aromatic heterocycles. The van der Waals surface area contributed by atoms with Gasteiger partial charge >= 0.3 is 0 Å². The molecule has 1 saturated heterocycles. The number of thiazole rings is 1. The van der Waals surface area contributed by atoms with Crippen molar-refractivity contribution in [3.8, 4) is 0 Å². The van der Waals surface area contributed by atoms with E-state index in [4.69, 9.17) is 10.5 Å². The molecule has 1 aromatic carbocycles. The van der Waals surface area contributed by atoms with Gasteiger partial charge < -0.3 is 20.7 Å². The number of nitrogen functional groups attached to an aromatic ring is 1. The fourth-order valence-corrected chi connectivity index (χ4v) is 3.69. The largest absolute Gasteiger partial charge is 0.375 e. The van der Waals surface area contributed by atoms with Gasteiger partial charge in [-0.05, 0) is 38.1 Å². The van der Waals surface area contributed by atoms with Gasteiger partial charge in [-0.1, -0.05) is 11.3 Å². The van der Waals surface area contributed by atoms with E-state index in [9.17, 15) is 4.79 Å². The molecular formula is C16H22N4O2S. The van der Waals surface area contributed by atoms with Crippen molar-refractivity contribution in [3.05, 3.63) is 23.3 Å². The van der Waals surface area contributed by atoms with E-state index in [0.29, 0.717) is 17.2 Å². The van der Waals surface area contributed by atoms with E-state index in [1.807, 2.05) is 19.1 Å². The number of fused-ring (bicyclic) bond motifs is 1. The van der Waals surface area contributed by atoms with Gasteiger partial charge in [0, 0.05) is 25.2 Å². The highest BCUT2D eigenvalue weighted by atomic mass is 32.1. The van der Waals surface area contributed by atoms with E-state index in [2.05, 4.69) is 22.2 Å². The summed E-state index contributed by atoms with van der Waals surface area (Å²) in [5, 5.41) is 3.50. The van der Waals surface area contributed by atoms with Crippen LogP contribution in [0.1, 0.15) is 22.3 Å². The molecule has 1 aliphatic rings. The molecule has 2 aromatic rings. The van der Waals surface area contributed by atoms with E-state index in [0.717, 1.165) is 41.9 Å². The summed E-state index contributed by atoms with van der Waals surface area (Å²) >= 11 is 1.41. The molecule has 0 bridgehead atoms. The standard InChI is InChI=1S/C16H22N4O2S/c1-10-7-11(8-13-14(10)19-16(17)23-13)15(21)18-4-3-12-9-20(2)5-6-22-12/h7-8,12H,3-6,9H2,1-2H3,(H2,17,19)(H,18,21)/t12-/m1/s1. The Morgan fingerprint density at radius 3 is 3.17 bits per heavy atom. The van der Waals surface area contributed by atoms with Gasteiger partial charge in [-0.2, -0.15) is 0 Å². The van der Waals surface area contributed by atoms with Crippen LogP contribution in [0, 0.1) is 6.92 Å². The number of hydrogen-bond donors (Lipinski definition) is 2. The molecule has 0 radical (unpaired) electrons. The van der Waals surface area contributed by atoms with Gasteiger partial charge in [-0.3, -0.25) is 4.79 Å². The summed E-state index contributed by atoms with van der Waals surface area (Å²) in [4.78, 5) is 18.9.